The molecule has 4 aliphatic rings. The third kappa shape index (κ3) is 2.46. The standard InChI is InChI=1S/C24H20N2O3S/c27-20(11-12-25-23(28)21-14-9-10-15(13-14)22(21)24(25)29)26-16-5-1-3-7-18(16)30-19-8-4-2-6-17(19)26/h1-10,14-15,21-22H,11-13H2/t14-,15+,21+,22-. The predicted octanol–water partition coefficient (Wildman–Crippen LogP) is 4.01. The van der Waals surface area contributed by atoms with Crippen molar-refractivity contribution in [3.63, 3.8) is 0 Å². The fourth-order valence-corrected chi connectivity index (χ4v) is 6.53. The van der Waals surface area contributed by atoms with Gasteiger partial charge in [-0.25, -0.2) is 0 Å². The Labute approximate surface area is 178 Å². The van der Waals surface area contributed by atoms with Crippen LogP contribution in [0, 0.1) is 23.7 Å². The van der Waals surface area contributed by atoms with E-state index in [4.69, 9.17) is 0 Å². The first-order valence-electron chi connectivity index (χ1n) is 10.4. The highest BCUT2D eigenvalue weighted by atomic mass is 32.2. The second-order valence-electron chi connectivity index (χ2n) is 8.34. The van der Waals surface area contributed by atoms with E-state index in [9.17, 15) is 14.4 Å². The quantitative estimate of drug-likeness (QED) is 0.560. The van der Waals surface area contributed by atoms with Gasteiger partial charge in [-0.2, -0.15) is 0 Å². The number of allylic oxidation sites excluding steroid dienone is 2. The van der Waals surface area contributed by atoms with Crippen molar-refractivity contribution < 1.29 is 14.4 Å². The number of rotatable bonds is 3. The molecule has 150 valence electrons. The van der Waals surface area contributed by atoms with Gasteiger partial charge in [-0.15, -0.1) is 0 Å². The van der Waals surface area contributed by atoms with E-state index in [1.165, 1.54) is 4.90 Å². The van der Waals surface area contributed by atoms with Crippen LogP contribution in [-0.2, 0) is 14.4 Å². The van der Waals surface area contributed by atoms with Crippen molar-refractivity contribution in [2.45, 2.75) is 22.6 Å². The van der Waals surface area contributed by atoms with E-state index in [1.807, 2.05) is 48.5 Å². The molecule has 5 nitrogen and oxygen atoms in total. The molecule has 0 aromatic heterocycles. The van der Waals surface area contributed by atoms with E-state index >= 15 is 0 Å². The number of hydrogen-bond acceptors (Lipinski definition) is 4. The summed E-state index contributed by atoms with van der Waals surface area (Å²) in [7, 11) is 0. The number of anilines is 2. The van der Waals surface area contributed by atoms with Gasteiger partial charge < -0.3 is 0 Å². The SMILES string of the molecule is O=C1[C@@H]2[C@H](C(=O)N1CCC(=O)N1c3ccccc3Sc3ccccc31)[C@H]1C=C[C@@H]2C1. The molecule has 1 saturated carbocycles. The summed E-state index contributed by atoms with van der Waals surface area (Å²) in [6.07, 6.45) is 5.21. The van der Waals surface area contributed by atoms with Gasteiger partial charge in [0.15, 0.2) is 0 Å². The van der Waals surface area contributed by atoms with Crippen LogP contribution in [0.1, 0.15) is 12.8 Å². The molecule has 6 heteroatoms. The molecule has 0 spiro atoms. The molecule has 0 N–H and O–H groups in total. The maximum Gasteiger partial charge on any atom is 0.233 e. The average Bonchev–Trinajstić information content (AvgIpc) is 3.44. The zero-order chi connectivity index (χ0) is 20.4. The molecule has 2 aromatic rings. The highest BCUT2D eigenvalue weighted by Crippen LogP contribution is 2.52. The Morgan fingerprint density at radius 2 is 1.40 bits per heavy atom. The topological polar surface area (TPSA) is 57.7 Å². The van der Waals surface area contributed by atoms with Crippen molar-refractivity contribution >= 4 is 40.9 Å². The van der Waals surface area contributed by atoms with Crippen LogP contribution in [0.15, 0.2) is 70.5 Å². The maximum atomic E-state index is 13.3. The van der Waals surface area contributed by atoms with Crippen LogP contribution < -0.4 is 4.90 Å². The van der Waals surface area contributed by atoms with Crippen LogP contribution in [-0.4, -0.2) is 29.2 Å². The Balaban J connectivity index is 1.25. The van der Waals surface area contributed by atoms with Gasteiger partial charge in [0.05, 0.1) is 23.2 Å². The summed E-state index contributed by atoms with van der Waals surface area (Å²) in [6.45, 7) is 0.150. The molecule has 4 atom stereocenters. The summed E-state index contributed by atoms with van der Waals surface area (Å²) < 4.78 is 0. The fraction of sp³-hybridized carbons (Fsp3) is 0.292. The van der Waals surface area contributed by atoms with Crippen molar-refractivity contribution in [2.75, 3.05) is 11.4 Å². The molecule has 1 saturated heterocycles. The van der Waals surface area contributed by atoms with Crippen LogP contribution in [0.3, 0.4) is 0 Å². The molecule has 2 bridgehead atoms. The van der Waals surface area contributed by atoms with Crippen molar-refractivity contribution in [1.29, 1.82) is 0 Å². The summed E-state index contributed by atoms with van der Waals surface area (Å²) in [5.41, 5.74) is 1.70. The normalized spacial score (nSPS) is 28.0. The molecule has 2 heterocycles. The summed E-state index contributed by atoms with van der Waals surface area (Å²) in [6, 6.07) is 15.7. The third-order valence-electron chi connectivity index (χ3n) is 6.79. The zero-order valence-corrected chi connectivity index (χ0v) is 17.0. The number of nitrogens with zero attached hydrogens (tertiary/aromatic N) is 2. The number of benzene rings is 2. The monoisotopic (exact) mass is 416 g/mol. The molecular formula is C24H20N2O3S. The Morgan fingerprint density at radius 1 is 0.867 bits per heavy atom. The highest BCUT2D eigenvalue weighted by Gasteiger charge is 2.59. The van der Waals surface area contributed by atoms with Gasteiger partial charge in [-0.05, 0) is 42.5 Å². The smallest absolute Gasteiger partial charge is 0.233 e. The van der Waals surface area contributed by atoms with Crippen LogP contribution >= 0.6 is 11.8 Å². The molecular weight excluding hydrogens is 396 g/mol. The lowest BCUT2D eigenvalue weighted by atomic mass is 9.85. The second-order valence-corrected chi connectivity index (χ2v) is 9.43. The number of hydrogen-bond donors (Lipinski definition) is 0. The number of para-hydroxylation sites is 2. The predicted molar refractivity (Wildman–Crippen MR) is 113 cm³/mol. The third-order valence-corrected chi connectivity index (χ3v) is 7.92. The molecule has 0 unspecified atom stereocenters. The first-order valence-corrected chi connectivity index (χ1v) is 11.2. The number of carbonyl (C=O) groups is 3. The summed E-state index contributed by atoms with van der Waals surface area (Å²) in [5, 5.41) is 0. The highest BCUT2D eigenvalue weighted by molar-refractivity contribution is 7.99. The minimum Gasteiger partial charge on any atom is -0.282 e. The molecule has 2 fully saturated rings. The first kappa shape index (κ1) is 18.0. The largest absolute Gasteiger partial charge is 0.282 e. The molecule has 6 rings (SSSR count). The van der Waals surface area contributed by atoms with E-state index < -0.39 is 0 Å². The molecule has 3 amide bonds. The number of likely N-dealkylation sites (tertiary alicyclic amines) is 1. The first-order chi connectivity index (χ1) is 14.6. The maximum absolute atomic E-state index is 13.3. The van der Waals surface area contributed by atoms with E-state index in [0.29, 0.717) is 0 Å². The molecule has 30 heavy (non-hydrogen) atoms. The molecule has 2 aliphatic heterocycles. The Kier molecular flexibility index (Phi) is 3.93. The number of amides is 3. The summed E-state index contributed by atoms with van der Waals surface area (Å²) in [5.74, 6) is -0.334. The molecule has 0 radical (unpaired) electrons. The number of fused-ring (bicyclic) bond motifs is 7. The van der Waals surface area contributed by atoms with Crippen LogP contribution in [0.5, 0.6) is 0 Å². The Morgan fingerprint density at radius 3 is 1.97 bits per heavy atom. The van der Waals surface area contributed by atoms with Gasteiger partial charge in [0, 0.05) is 22.8 Å². The van der Waals surface area contributed by atoms with Gasteiger partial charge in [0.1, 0.15) is 0 Å². The van der Waals surface area contributed by atoms with Crippen LogP contribution in [0.4, 0.5) is 11.4 Å². The van der Waals surface area contributed by atoms with Crippen LogP contribution in [0.25, 0.3) is 0 Å². The van der Waals surface area contributed by atoms with Gasteiger partial charge in [-0.1, -0.05) is 48.2 Å². The van der Waals surface area contributed by atoms with Crippen molar-refractivity contribution in [2.24, 2.45) is 23.7 Å². The Bertz CT molecular complexity index is 1050. The second kappa shape index (κ2) is 6.57. The summed E-state index contributed by atoms with van der Waals surface area (Å²) >= 11 is 1.65. The average molecular weight is 417 g/mol. The van der Waals surface area contributed by atoms with Crippen molar-refractivity contribution in [3.05, 3.63) is 60.7 Å². The van der Waals surface area contributed by atoms with Crippen molar-refractivity contribution in [1.82, 2.24) is 4.90 Å². The van der Waals surface area contributed by atoms with Crippen molar-refractivity contribution in [3.8, 4) is 0 Å². The van der Waals surface area contributed by atoms with Gasteiger partial charge in [0.25, 0.3) is 0 Å². The van der Waals surface area contributed by atoms with Gasteiger partial charge >= 0.3 is 0 Å². The number of imide groups is 1. The lowest BCUT2D eigenvalue weighted by molar-refractivity contribution is -0.140. The minimum atomic E-state index is -0.213. The lowest BCUT2D eigenvalue weighted by Crippen LogP contribution is -2.37. The number of carbonyl (C=O) groups excluding carboxylic acids is 3. The zero-order valence-electron chi connectivity index (χ0n) is 16.2. The fourth-order valence-electron chi connectivity index (χ4n) is 5.48. The summed E-state index contributed by atoms with van der Waals surface area (Å²) in [4.78, 5) is 44.3. The molecule has 2 aromatic carbocycles. The minimum absolute atomic E-state index is 0.0929. The molecule has 2 aliphatic carbocycles. The van der Waals surface area contributed by atoms with E-state index in [2.05, 4.69) is 12.2 Å². The van der Waals surface area contributed by atoms with Gasteiger partial charge in [-0.3, -0.25) is 24.2 Å². The van der Waals surface area contributed by atoms with Gasteiger partial charge in [0.2, 0.25) is 17.7 Å². The lowest BCUT2D eigenvalue weighted by Gasteiger charge is -2.31. The van der Waals surface area contributed by atoms with Crippen LogP contribution in [0.2, 0.25) is 0 Å². The van der Waals surface area contributed by atoms with E-state index in [0.717, 1.165) is 27.6 Å². The van der Waals surface area contributed by atoms with E-state index in [-0.39, 0.29) is 54.4 Å². The van der Waals surface area contributed by atoms with E-state index in [1.54, 1.807) is 16.7 Å². The Hall–Kier alpha value is -2.86.